The molecule has 15 heavy (non-hydrogen) atoms. The maximum Gasteiger partial charge on any atom is 0.214 e. The predicted octanol–water partition coefficient (Wildman–Crippen LogP) is 1.83. The molecule has 1 aromatic heterocycles. The minimum Gasteiger partial charge on any atom is -0.481 e. The van der Waals surface area contributed by atoms with Gasteiger partial charge >= 0.3 is 0 Å². The van der Waals surface area contributed by atoms with Crippen LogP contribution < -0.4 is 9.64 Å². The monoisotopic (exact) mass is 205 g/mol. The summed E-state index contributed by atoms with van der Waals surface area (Å²) in [6.07, 6.45) is 2.20. The third kappa shape index (κ3) is 2.84. The van der Waals surface area contributed by atoms with Crippen molar-refractivity contribution in [3.05, 3.63) is 18.3 Å². The van der Waals surface area contributed by atoms with Gasteiger partial charge in [-0.1, -0.05) is 0 Å². The zero-order valence-electron chi connectivity index (χ0n) is 9.27. The van der Waals surface area contributed by atoms with Gasteiger partial charge in [0.25, 0.3) is 0 Å². The van der Waals surface area contributed by atoms with E-state index in [9.17, 15) is 0 Å². The highest BCUT2D eigenvalue weighted by Gasteiger charge is 2.10. The molecule has 4 nitrogen and oxygen atoms in total. The van der Waals surface area contributed by atoms with Crippen molar-refractivity contribution in [2.75, 3.05) is 19.1 Å². The van der Waals surface area contributed by atoms with E-state index in [4.69, 9.17) is 10.00 Å². The molecule has 0 aliphatic carbocycles. The molecular formula is C11H15N3O. The molecule has 0 bridgehead atoms. The first-order valence-electron chi connectivity index (χ1n) is 4.79. The SMILES string of the molecule is COc1cc(N(C)C(C)CC#N)ccn1. The second-order valence-electron chi connectivity index (χ2n) is 3.38. The summed E-state index contributed by atoms with van der Waals surface area (Å²) in [5.41, 5.74) is 1.00. The second-order valence-corrected chi connectivity index (χ2v) is 3.38. The van der Waals surface area contributed by atoms with Crippen molar-refractivity contribution in [2.45, 2.75) is 19.4 Å². The molecule has 0 radical (unpaired) electrons. The van der Waals surface area contributed by atoms with Crippen LogP contribution in [0.2, 0.25) is 0 Å². The molecule has 0 fully saturated rings. The van der Waals surface area contributed by atoms with E-state index in [0.29, 0.717) is 12.3 Å². The van der Waals surface area contributed by atoms with Gasteiger partial charge in [0, 0.05) is 31.0 Å². The van der Waals surface area contributed by atoms with E-state index in [-0.39, 0.29) is 6.04 Å². The largest absolute Gasteiger partial charge is 0.481 e. The van der Waals surface area contributed by atoms with Gasteiger partial charge in [0.2, 0.25) is 5.88 Å². The Labute approximate surface area is 90.1 Å². The van der Waals surface area contributed by atoms with Gasteiger partial charge in [0.1, 0.15) is 0 Å². The van der Waals surface area contributed by atoms with Crippen LogP contribution in [0.4, 0.5) is 5.69 Å². The molecule has 4 heteroatoms. The first-order valence-corrected chi connectivity index (χ1v) is 4.79. The molecule has 80 valence electrons. The van der Waals surface area contributed by atoms with Crippen molar-refractivity contribution in [3.63, 3.8) is 0 Å². The minimum absolute atomic E-state index is 0.183. The van der Waals surface area contributed by atoms with E-state index in [1.807, 2.05) is 31.0 Å². The van der Waals surface area contributed by atoms with Gasteiger partial charge in [0.15, 0.2) is 0 Å². The summed E-state index contributed by atoms with van der Waals surface area (Å²) in [5, 5.41) is 8.62. The molecule has 1 unspecified atom stereocenters. The van der Waals surface area contributed by atoms with Crippen molar-refractivity contribution in [3.8, 4) is 11.9 Å². The first kappa shape index (κ1) is 11.3. The summed E-state index contributed by atoms with van der Waals surface area (Å²) in [6, 6.07) is 6.09. The van der Waals surface area contributed by atoms with Gasteiger partial charge in [-0.3, -0.25) is 0 Å². The first-order chi connectivity index (χ1) is 7.19. The van der Waals surface area contributed by atoms with Crippen LogP contribution in [-0.2, 0) is 0 Å². The number of hydrogen-bond donors (Lipinski definition) is 0. The Morgan fingerprint density at radius 1 is 1.67 bits per heavy atom. The third-order valence-corrected chi connectivity index (χ3v) is 2.38. The summed E-state index contributed by atoms with van der Waals surface area (Å²) < 4.78 is 5.04. The molecule has 1 rings (SSSR count). The minimum atomic E-state index is 0.183. The van der Waals surface area contributed by atoms with Gasteiger partial charge < -0.3 is 9.64 Å². The van der Waals surface area contributed by atoms with Crippen LogP contribution in [-0.4, -0.2) is 25.2 Å². The maximum atomic E-state index is 8.62. The van der Waals surface area contributed by atoms with E-state index >= 15 is 0 Å². The van der Waals surface area contributed by atoms with Gasteiger partial charge in [-0.05, 0) is 13.0 Å². The maximum absolute atomic E-state index is 8.62. The van der Waals surface area contributed by atoms with Gasteiger partial charge in [-0.2, -0.15) is 5.26 Å². The van der Waals surface area contributed by atoms with E-state index < -0.39 is 0 Å². The van der Waals surface area contributed by atoms with Crippen LogP contribution in [0.15, 0.2) is 18.3 Å². The van der Waals surface area contributed by atoms with E-state index in [1.54, 1.807) is 13.3 Å². The lowest BCUT2D eigenvalue weighted by molar-refractivity contribution is 0.398. The van der Waals surface area contributed by atoms with Crippen LogP contribution in [0.3, 0.4) is 0 Å². The van der Waals surface area contributed by atoms with Gasteiger partial charge in [0.05, 0.1) is 19.6 Å². The Kier molecular flexibility index (Phi) is 3.92. The zero-order valence-corrected chi connectivity index (χ0v) is 9.27. The van der Waals surface area contributed by atoms with Crippen LogP contribution >= 0.6 is 0 Å². The fourth-order valence-electron chi connectivity index (χ4n) is 1.25. The number of hydrogen-bond acceptors (Lipinski definition) is 4. The van der Waals surface area contributed by atoms with Crippen molar-refractivity contribution < 1.29 is 4.74 Å². The Morgan fingerprint density at radius 2 is 2.40 bits per heavy atom. The lowest BCUT2D eigenvalue weighted by atomic mass is 10.2. The summed E-state index contributed by atoms with van der Waals surface area (Å²) in [5.74, 6) is 0.587. The average molecular weight is 205 g/mol. The van der Waals surface area contributed by atoms with Crippen molar-refractivity contribution in [1.29, 1.82) is 5.26 Å². The molecular weight excluding hydrogens is 190 g/mol. The Bertz CT molecular complexity index is 359. The number of pyridine rings is 1. The topological polar surface area (TPSA) is 49.1 Å². The molecule has 0 aliphatic rings. The molecule has 0 amide bonds. The van der Waals surface area contributed by atoms with E-state index in [0.717, 1.165) is 5.69 Å². The smallest absolute Gasteiger partial charge is 0.214 e. The number of ether oxygens (including phenoxy) is 1. The van der Waals surface area contributed by atoms with Crippen molar-refractivity contribution in [2.24, 2.45) is 0 Å². The summed E-state index contributed by atoms with van der Waals surface area (Å²) in [4.78, 5) is 6.07. The van der Waals surface area contributed by atoms with Crippen LogP contribution in [0.25, 0.3) is 0 Å². The summed E-state index contributed by atoms with van der Waals surface area (Å²) in [6.45, 7) is 2.01. The Hall–Kier alpha value is -1.76. The summed E-state index contributed by atoms with van der Waals surface area (Å²) in [7, 11) is 3.54. The molecule has 1 atom stereocenters. The highest BCUT2D eigenvalue weighted by Crippen LogP contribution is 2.19. The molecule has 0 saturated carbocycles. The number of methoxy groups -OCH3 is 1. The molecule has 0 spiro atoms. The Balaban J connectivity index is 2.81. The van der Waals surface area contributed by atoms with Crippen molar-refractivity contribution in [1.82, 2.24) is 4.98 Å². The van der Waals surface area contributed by atoms with E-state index in [2.05, 4.69) is 11.1 Å². The molecule has 1 heterocycles. The van der Waals surface area contributed by atoms with E-state index in [1.165, 1.54) is 0 Å². The number of anilines is 1. The van der Waals surface area contributed by atoms with Crippen LogP contribution in [0.1, 0.15) is 13.3 Å². The number of rotatable bonds is 4. The standard InChI is InChI=1S/C11H15N3O/c1-9(4-6-12)14(2)10-5-7-13-11(8-10)15-3/h5,7-9H,4H2,1-3H3. The fraction of sp³-hybridized carbons (Fsp3) is 0.455. The lowest BCUT2D eigenvalue weighted by Crippen LogP contribution is -2.28. The fourth-order valence-corrected chi connectivity index (χ4v) is 1.25. The quantitative estimate of drug-likeness (QED) is 0.752. The highest BCUT2D eigenvalue weighted by atomic mass is 16.5. The van der Waals surface area contributed by atoms with Gasteiger partial charge in [-0.15, -0.1) is 0 Å². The van der Waals surface area contributed by atoms with Crippen LogP contribution in [0.5, 0.6) is 5.88 Å². The lowest BCUT2D eigenvalue weighted by Gasteiger charge is -2.25. The molecule has 0 aliphatic heterocycles. The van der Waals surface area contributed by atoms with Gasteiger partial charge in [-0.25, -0.2) is 4.98 Å². The second kappa shape index (κ2) is 5.20. The highest BCUT2D eigenvalue weighted by molar-refractivity contribution is 5.48. The predicted molar refractivity (Wildman–Crippen MR) is 58.9 cm³/mol. The summed E-state index contributed by atoms with van der Waals surface area (Å²) >= 11 is 0. The molecule has 0 aromatic carbocycles. The number of nitrogens with zero attached hydrogens (tertiary/aromatic N) is 3. The number of aromatic nitrogens is 1. The average Bonchev–Trinajstić information content (AvgIpc) is 2.28. The third-order valence-electron chi connectivity index (χ3n) is 2.38. The van der Waals surface area contributed by atoms with Crippen LogP contribution in [0, 0.1) is 11.3 Å². The zero-order chi connectivity index (χ0) is 11.3. The molecule has 1 aromatic rings. The molecule has 0 saturated heterocycles. The Morgan fingerprint density at radius 3 is 3.00 bits per heavy atom. The number of nitriles is 1. The molecule has 0 N–H and O–H groups in total. The van der Waals surface area contributed by atoms with Crippen molar-refractivity contribution >= 4 is 5.69 Å². The normalized spacial score (nSPS) is 11.6.